The zero-order valence-corrected chi connectivity index (χ0v) is 14.8. The molecule has 138 valence electrons. The second-order valence-corrected chi connectivity index (χ2v) is 5.76. The molecule has 2 aromatic rings. The van der Waals surface area contributed by atoms with Crippen LogP contribution in [0.3, 0.4) is 0 Å². The lowest BCUT2D eigenvalue weighted by Gasteiger charge is -2.23. The summed E-state index contributed by atoms with van der Waals surface area (Å²) >= 11 is 0. The summed E-state index contributed by atoms with van der Waals surface area (Å²) in [7, 11) is 1.57. The Balaban J connectivity index is 2.05. The molecule has 0 aliphatic heterocycles. The average Bonchev–Trinajstić information content (AvgIpc) is 2.70. The minimum Gasteiger partial charge on any atom is -0.444 e. The molecule has 0 aromatic heterocycles. The van der Waals surface area contributed by atoms with Crippen molar-refractivity contribution in [3.8, 4) is 0 Å². The maximum absolute atomic E-state index is 12.7. The molecule has 2 rings (SSSR count). The Morgan fingerprint density at radius 2 is 1.65 bits per heavy atom. The Labute approximate surface area is 153 Å². The smallest absolute Gasteiger partial charge is 0.416 e. The molecule has 26 heavy (non-hydrogen) atoms. The number of methoxy groups -OCH3 is 1. The summed E-state index contributed by atoms with van der Waals surface area (Å²) in [5.74, 6) is -0.495. The van der Waals surface area contributed by atoms with Gasteiger partial charge in [-0.15, -0.1) is 0 Å². The molecule has 0 bridgehead atoms. The molecule has 2 N–H and O–H groups in total. The molecule has 0 spiro atoms. The normalized spacial score (nSPS) is 11.6. The van der Waals surface area contributed by atoms with E-state index in [9.17, 15) is 9.59 Å². The Morgan fingerprint density at radius 3 is 2.27 bits per heavy atom. The SMILES string of the molecule is COCCCN(C(=O)OCc1ccccc1)C(=O)C(N)c1ccccc1. The Kier molecular flexibility index (Phi) is 7.79. The molecule has 2 amide bonds. The molecule has 0 aliphatic carbocycles. The molecule has 6 heteroatoms. The molecule has 1 atom stereocenters. The second-order valence-electron chi connectivity index (χ2n) is 5.76. The lowest BCUT2D eigenvalue weighted by Crippen LogP contribution is -2.43. The van der Waals surface area contributed by atoms with Gasteiger partial charge in [0.2, 0.25) is 0 Å². The van der Waals surface area contributed by atoms with Crippen LogP contribution in [-0.2, 0) is 20.9 Å². The first kappa shape index (κ1) is 19.6. The summed E-state index contributed by atoms with van der Waals surface area (Å²) in [6.07, 6.45) is -0.203. The van der Waals surface area contributed by atoms with Gasteiger partial charge in [-0.2, -0.15) is 0 Å². The highest BCUT2D eigenvalue weighted by molar-refractivity contribution is 5.95. The van der Waals surface area contributed by atoms with E-state index < -0.39 is 18.0 Å². The van der Waals surface area contributed by atoms with E-state index >= 15 is 0 Å². The van der Waals surface area contributed by atoms with Crippen LogP contribution in [0.2, 0.25) is 0 Å². The van der Waals surface area contributed by atoms with Crippen molar-refractivity contribution >= 4 is 12.0 Å². The van der Waals surface area contributed by atoms with Crippen molar-refractivity contribution in [3.05, 3.63) is 71.8 Å². The topological polar surface area (TPSA) is 81.9 Å². The third kappa shape index (κ3) is 5.68. The van der Waals surface area contributed by atoms with E-state index in [1.807, 2.05) is 36.4 Å². The number of rotatable bonds is 8. The molecule has 0 fully saturated rings. The third-order valence-corrected chi connectivity index (χ3v) is 3.85. The predicted molar refractivity (Wildman–Crippen MR) is 98.2 cm³/mol. The van der Waals surface area contributed by atoms with Crippen LogP contribution in [0.4, 0.5) is 4.79 Å². The number of ether oxygens (including phenoxy) is 2. The second kappa shape index (κ2) is 10.3. The van der Waals surface area contributed by atoms with Crippen molar-refractivity contribution in [1.29, 1.82) is 0 Å². The average molecular weight is 356 g/mol. The Hall–Kier alpha value is -2.70. The molecular weight excluding hydrogens is 332 g/mol. The van der Waals surface area contributed by atoms with Gasteiger partial charge in [0.05, 0.1) is 0 Å². The maximum atomic E-state index is 12.7. The molecule has 6 nitrogen and oxygen atoms in total. The van der Waals surface area contributed by atoms with Gasteiger partial charge in [-0.25, -0.2) is 9.69 Å². The van der Waals surface area contributed by atoms with Gasteiger partial charge in [-0.3, -0.25) is 4.79 Å². The monoisotopic (exact) mass is 356 g/mol. The minimum atomic E-state index is -0.928. The first-order valence-corrected chi connectivity index (χ1v) is 8.45. The van der Waals surface area contributed by atoms with Crippen LogP contribution in [-0.4, -0.2) is 37.2 Å². The number of imide groups is 1. The van der Waals surface area contributed by atoms with E-state index in [2.05, 4.69) is 0 Å². The van der Waals surface area contributed by atoms with E-state index in [0.717, 1.165) is 10.5 Å². The summed E-state index contributed by atoms with van der Waals surface area (Å²) in [6.45, 7) is 0.700. The lowest BCUT2D eigenvalue weighted by atomic mass is 10.1. The molecule has 0 saturated heterocycles. The third-order valence-electron chi connectivity index (χ3n) is 3.85. The lowest BCUT2D eigenvalue weighted by molar-refractivity contribution is -0.131. The fraction of sp³-hybridized carbons (Fsp3) is 0.300. The summed E-state index contributed by atoms with van der Waals surface area (Å²) in [4.78, 5) is 26.3. The van der Waals surface area contributed by atoms with Crippen molar-refractivity contribution < 1.29 is 19.1 Å². The van der Waals surface area contributed by atoms with Crippen molar-refractivity contribution in [1.82, 2.24) is 4.90 Å². The number of hydrogen-bond acceptors (Lipinski definition) is 5. The van der Waals surface area contributed by atoms with Crippen molar-refractivity contribution in [2.75, 3.05) is 20.3 Å². The van der Waals surface area contributed by atoms with Crippen molar-refractivity contribution in [2.45, 2.75) is 19.1 Å². The van der Waals surface area contributed by atoms with Crippen LogP contribution < -0.4 is 5.73 Å². The van der Waals surface area contributed by atoms with Crippen molar-refractivity contribution in [3.63, 3.8) is 0 Å². The number of amides is 2. The molecule has 2 aromatic carbocycles. The number of hydrogen-bond donors (Lipinski definition) is 1. The standard InChI is InChI=1S/C20H24N2O4/c1-25-14-8-13-22(19(23)18(21)17-11-6-3-7-12-17)20(24)26-15-16-9-4-2-5-10-16/h2-7,9-12,18H,8,13-15,21H2,1H3. The highest BCUT2D eigenvalue weighted by Gasteiger charge is 2.28. The largest absolute Gasteiger partial charge is 0.444 e. The van der Waals surface area contributed by atoms with Crippen LogP contribution >= 0.6 is 0 Å². The molecule has 0 saturated carbocycles. The van der Waals surface area contributed by atoms with Gasteiger partial charge in [0, 0.05) is 20.3 Å². The van der Waals surface area contributed by atoms with Crippen LogP contribution in [0, 0.1) is 0 Å². The molecule has 0 aliphatic rings. The van der Waals surface area contributed by atoms with Crippen LogP contribution in [0.5, 0.6) is 0 Å². The van der Waals surface area contributed by atoms with Gasteiger partial charge < -0.3 is 15.2 Å². The fourth-order valence-electron chi connectivity index (χ4n) is 2.43. The first-order chi connectivity index (χ1) is 12.6. The molecule has 0 radical (unpaired) electrons. The van der Waals surface area contributed by atoms with Gasteiger partial charge in [0.25, 0.3) is 5.91 Å². The molecule has 0 heterocycles. The van der Waals surface area contributed by atoms with E-state index in [1.165, 1.54) is 0 Å². The number of carbonyl (C=O) groups is 2. The van der Waals surface area contributed by atoms with Crippen LogP contribution in [0.15, 0.2) is 60.7 Å². The zero-order chi connectivity index (χ0) is 18.8. The minimum absolute atomic E-state index is 0.0916. The van der Waals surface area contributed by atoms with Gasteiger partial charge in [-0.05, 0) is 17.5 Å². The van der Waals surface area contributed by atoms with E-state index in [0.29, 0.717) is 18.6 Å². The number of nitrogens with zero attached hydrogens (tertiary/aromatic N) is 1. The summed E-state index contributed by atoms with van der Waals surface area (Å²) in [5, 5.41) is 0. The highest BCUT2D eigenvalue weighted by Crippen LogP contribution is 2.15. The number of nitrogens with two attached hydrogens (primary N) is 1. The zero-order valence-electron chi connectivity index (χ0n) is 14.8. The number of carbonyl (C=O) groups excluding carboxylic acids is 2. The van der Waals surface area contributed by atoms with Crippen molar-refractivity contribution in [2.24, 2.45) is 5.73 Å². The van der Waals surface area contributed by atoms with E-state index in [1.54, 1.807) is 31.4 Å². The maximum Gasteiger partial charge on any atom is 0.416 e. The van der Waals surface area contributed by atoms with Crippen LogP contribution in [0.1, 0.15) is 23.6 Å². The van der Waals surface area contributed by atoms with E-state index in [-0.39, 0.29) is 13.2 Å². The van der Waals surface area contributed by atoms with E-state index in [4.69, 9.17) is 15.2 Å². The highest BCUT2D eigenvalue weighted by atomic mass is 16.6. The predicted octanol–water partition coefficient (Wildman–Crippen LogP) is 2.89. The Bertz CT molecular complexity index is 691. The summed E-state index contributed by atoms with van der Waals surface area (Å²) in [5.41, 5.74) is 7.55. The fourth-order valence-corrected chi connectivity index (χ4v) is 2.43. The van der Waals surface area contributed by atoms with Gasteiger partial charge in [0.15, 0.2) is 0 Å². The molecular formula is C20H24N2O4. The quantitative estimate of drug-likeness (QED) is 0.736. The molecule has 1 unspecified atom stereocenters. The summed E-state index contributed by atoms with van der Waals surface area (Å²) < 4.78 is 10.3. The van der Waals surface area contributed by atoms with Gasteiger partial charge in [-0.1, -0.05) is 60.7 Å². The van der Waals surface area contributed by atoms with Gasteiger partial charge >= 0.3 is 6.09 Å². The summed E-state index contributed by atoms with van der Waals surface area (Å²) in [6, 6.07) is 17.3. The first-order valence-electron chi connectivity index (χ1n) is 8.45. The number of benzene rings is 2. The van der Waals surface area contributed by atoms with Gasteiger partial charge in [0.1, 0.15) is 12.6 Å². The Morgan fingerprint density at radius 1 is 1.04 bits per heavy atom. The van der Waals surface area contributed by atoms with Crippen LogP contribution in [0.25, 0.3) is 0 Å².